The summed E-state index contributed by atoms with van der Waals surface area (Å²) in [5.41, 5.74) is 7.26. The minimum atomic E-state index is -3.57. The Kier molecular flexibility index (Phi) is 5.18. The number of amides is 1. The molecule has 3 N–H and O–H groups in total. The zero-order valence-electron chi connectivity index (χ0n) is 14.9. The third-order valence-electron chi connectivity index (χ3n) is 5.14. The van der Waals surface area contributed by atoms with Gasteiger partial charge in [-0.05, 0) is 63.1 Å². The normalized spacial score (nSPS) is 22.7. The lowest BCUT2D eigenvalue weighted by Gasteiger charge is -2.35. The summed E-state index contributed by atoms with van der Waals surface area (Å²) in [6.07, 6.45) is 3.71. The molecule has 0 spiro atoms. The van der Waals surface area contributed by atoms with E-state index >= 15 is 0 Å². The van der Waals surface area contributed by atoms with Gasteiger partial charge in [0.25, 0.3) is 5.91 Å². The molecule has 6 nitrogen and oxygen atoms in total. The van der Waals surface area contributed by atoms with Crippen molar-refractivity contribution in [3.05, 3.63) is 29.3 Å². The number of piperidine rings is 1. The smallest absolute Gasteiger partial charge is 0.254 e. The van der Waals surface area contributed by atoms with Gasteiger partial charge in [-0.3, -0.25) is 4.79 Å². The molecule has 3 rings (SSSR count). The molecule has 25 heavy (non-hydrogen) atoms. The van der Waals surface area contributed by atoms with Crippen LogP contribution >= 0.6 is 0 Å². The van der Waals surface area contributed by atoms with Crippen molar-refractivity contribution >= 4 is 15.9 Å². The largest absolute Gasteiger partial charge is 0.338 e. The van der Waals surface area contributed by atoms with Crippen LogP contribution < -0.4 is 10.5 Å². The van der Waals surface area contributed by atoms with Gasteiger partial charge in [-0.25, -0.2) is 13.1 Å². The van der Waals surface area contributed by atoms with Crippen molar-refractivity contribution in [2.24, 2.45) is 11.7 Å². The third kappa shape index (κ3) is 4.22. The van der Waals surface area contributed by atoms with E-state index in [1.54, 1.807) is 12.1 Å². The number of benzene rings is 1. The van der Waals surface area contributed by atoms with E-state index in [2.05, 4.69) is 4.72 Å². The molecule has 0 bridgehead atoms. The van der Waals surface area contributed by atoms with Crippen LogP contribution in [0.2, 0.25) is 0 Å². The van der Waals surface area contributed by atoms with Gasteiger partial charge in [0.05, 0.1) is 4.90 Å². The monoisotopic (exact) mass is 365 g/mol. The summed E-state index contributed by atoms with van der Waals surface area (Å²) in [6.45, 7) is 5.14. The SMILES string of the molecule is Cc1ccc(S(=O)(=O)NC2CC2)cc1C(=O)N1CCCC(C(C)N)C1. The van der Waals surface area contributed by atoms with Gasteiger partial charge >= 0.3 is 0 Å². The molecule has 2 atom stereocenters. The van der Waals surface area contributed by atoms with Gasteiger partial charge in [0, 0.05) is 30.7 Å². The van der Waals surface area contributed by atoms with Gasteiger partial charge in [0.15, 0.2) is 0 Å². The van der Waals surface area contributed by atoms with Crippen molar-refractivity contribution in [1.82, 2.24) is 9.62 Å². The van der Waals surface area contributed by atoms with Crippen LogP contribution in [0.15, 0.2) is 23.1 Å². The molecule has 0 radical (unpaired) electrons. The Hall–Kier alpha value is -1.44. The highest BCUT2D eigenvalue weighted by atomic mass is 32.2. The quantitative estimate of drug-likeness (QED) is 0.829. The van der Waals surface area contributed by atoms with E-state index in [0.29, 0.717) is 24.6 Å². The van der Waals surface area contributed by atoms with E-state index in [1.165, 1.54) is 6.07 Å². The molecular formula is C18H27N3O3S. The van der Waals surface area contributed by atoms with Crippen molar-refractivity contribution in [2.75, 3.05) is 13.1 Å². The van der Waals surface area contributed by atoms with Gasteiger partial charge in [-0.15, -0.1) is 0 Å². The van der Waals surface area contributed by atoms with Crippen LogP contribution in [0.1, 0.15) is 48.5 Å². The Balaban J connectivity index is 1.83. The molecule has 2 fully saturated rings. The first-order valence-electron chi connectivity index (χ1n) is 8.96. The Bertz CT molecular complexity index is 757. The van der Waals surface area contributed by atoms with Crippen molar-refractivity contribution in [3.63, 3.8) is 0 Å². The van der Waals surface area contributed by atoms with E-state index in [4.69, 9.17) is 5.73 Å². The summed E-state index contributed by atoms with van der Waals surface area (Å²) in [4.78, 5) is 14.9. The number of rotatable bonds is 5. The van der Waals surface area contributed by atoms with Crippen molar-refractivity contribution in [2.45, 2.75) is 56.5 Å². The van der Waals surface area contributed by atoms with Gasteiger partial charge in [-0.2, -0.15) is 0 Å². The van der Waals surface area contributed by atoms with Crippen LogP contribution in [0.25, 0.3) is 0 Å². The Morgan fingerprint density at radius 2 is 2.04 bits per heavy atom. The average molecular weight is 365 g/mol. The Morgan fingerprint density at radius 3 is 2.68 bits per heavy atom. The minimum absolute atomic E-state index is 0.0411. The lowest BCUT2D eigenvalue weighted by atomic mass is 9.91. The number of carbonyl (C=O) groups is 1. The number of nitrogens with two attached hydrogens (primary N) is 1. The van der Waals surface area contributed by atoms with Gasteiger partial charge in [0.1, 0.15) is 0 Å². The lowest BCUT2D eigenvalue weighted by molar-refractivity contribution is 0.0660. The second-order valence-electron chi connectivity index (χ2n) is 7.38. The molecule has 1 aliphatic carbocycles. The second-order valence-corrected chi connectivity index (χ2v) is 9.10. The maximum absolute atomic E-state index is 13.0. The summed E-state index contributed by atoms with van der Waals surface area (Å²) in [5.74, 6) is 0.188. The molecule has 1 aromatic carbocycles. The molecule has 2 aliphatic rings. The molecular weight excluding hydrogens is 338 g/mol. The van der Waals surface area contributed by atoms with Crippen LogP contribution in [0.4, 0.5) is 0 Å². The number of hydrogen-bond acceptors (Lipinski definition) is 4. The Morgan fingerprint density at radius 1 is 1.32 bits per heavy atom. The fraction of sp³-hybridized carbons (Fsp3) is 0.611. The van der Waals surface area contributed by atoms with Gasteiger partial charge in [-0.1, -0.05) is 6.07 Å². The third-order valence-corrected chi connectivity index (χ3v) is 6.66. The average Bonchev–Trinajstić information content (AvgIpc) is 3.37. The molecule has 0 aromatic heterocycles. The van der Waals surface area contributed by atoms with E-state index in [0.717, 1.165) is 31.2 Å². The van der Waals surface area contributed by atoms with E-state index in [9.17, 15) is 13.2 Å². The standard InChI is InChI=1S/C18H27N3O3S/c1-12-5-8-16(25(23,24)20-15-6-7-15)10-17(12)18(22)21-9-3-4-14(11-21)13(2)19/h5,8,10,13-15,20H,3-4,6-7,9,11,19H2,1-2H3. The molecule has 1 aromatic rings. The number of nitrogens with one attached hydrogen (secondary N) is 1. The molecule has 1 aliphatic heterocycles. The summed E-state index contributed by atoms with van der Waals surface area (Å²) < 4.78 is 27.5. The van der Waals surface area contributed by atoms with Crippen LogP contribution in [-0.4, -0.2) is 44.4 Å². The van der Waals surface area contributed by atoms with Crippen LogP contribution in [0, 0.1) is 12.8 Å². The summed E-state index contributed by atoms with van der Waals surface area (Å²) >= 11 is 0. The van der Waals surface area contributed by atoms with Gasteiger partial charge in [0.2, 0.25) is 10.0 Å². The fourth-order valence-corrected chi connectivity index (χ4v) is 4.61. The number of carbonyl (C=O) groups excluding carboxylic acids is 1. The fourth-order valence-electron chi connectivity index (χ4n) is 3.28. The predicted octanol–water partition coefficient (Wildman–Crippen LogP) is 1.64. The zero-order valence-corrected chi connectivity index (χ0v) is 15.7. The molecule has 1 amide bonds. The maximum atomic E-state index is 13.0. The molecule has 1 saturated carbocycles. The van der Waals surface area contributed by atoms with Crippen LogP contribution in [-0.2, 0) is 10.0 Å². The van der Waals surface area contributed by atoms with E-state index in [-0.39, 0.29) is 22.9 Å². The molecule has 138 valence electrons. The Labute approximate surface area is 149 Å². The summed E-state index contributed by atoms with van der Waals surface area (Å²) in [6, 6.07) is 4.88. The summed E-state index contributed by atoms with van der Waals surface area (Å²) in [7, 11) is -3.57. The summed E-state index contributed by atoms with van der Waals surface area (Å²) in [5, 5.41) is 0. The van der Waals surface area contributed by atoms with Crippen molar-refractivity contribution in [3.8, 4) is 0 Å². The van der Waals surface area contributed by atoms with Crippen LogP contribution in [0.3, 0.4) is 0 Å². The molecule has 7 heteroatoms. The van der Waals surface area contributed by atoms with E-state index in [1.807, 2.05) is 18.7 Å². The molecule has 2 unspecified atom stereocenters. The number of likely N-dealkylation sites (tertiary alicyclic amines) is 1. The highest BCUT2D eigenvalue weighted by Crippen LogP contribution is 2.25. The zero-order chi connectivity index (χ0) is 18.2. The second kappa shape index (κ2) is 7.05. The van der Waals surface area contributed by atoms with Crippen LogP contribution in [0.5, 0.6) is 0 Å². The molecule has 1 saturated heterocycles. The number of aryl methyl sites for hydroxylation is 1. The van der Waals surface area contributed by atoms with Crippen molar-refractivity contribution in [1.29, 1.82) is 0 Å². The van der Waals surface area contributed by atoms with E-state index < -0.39 is 10.0 Å². The first-order chi connectivity index (χ1) is 11.8. The topological polar surface area (TPSA) is 92.5 Å². The van der Waals surface area contributed by atoms with Crippen molar-refractivity contribution < 1.29 is 13.2 Å². The van der Waals surface area contributed by atoms with Gasteiger partial charge < -0.3 is 10.6 Å². The number of sulfonamides is 1. The molecule has 1 heterocycles. The highest BCUT2D eigenvalue weighted by Gasteiger charge is 2.30. The number of hydrogen-bond donors (Lipinski definition) is 2. The minimum Gasteiger partial charge on any atom is -0.338 e. The maximum Gasteiger partial charge on any atom is 0.254 e. The predicted molar refractivity (Wildman–Crippen MR) is 96.8 cm³/mol. The first kappa shape index (κ1) is 18.4. The number of nitrogens with zero attached hydrogens (tertiary/aromatic N) is 1. The highest BCUT2D eigenvalue weighted by molar-refractivity contribution is 7.89. The lowest BCUT2D eigenvalue weighted by Crippen LogP contribution is -2.45. The first-order valence-corrected chi connectivity index (χ1v) is 10.4.